The van der Waals surface area contributed by atoms with Crippen LogP contribution in [0.3, 0.4) is 0 Å². The maximum atomic E-state index is 13.0. The number of hydrogen-bond donors (Lipinski definition) is 1. The molecule has 1 unspecified atom stereocenters. The molecule has 2 fully saturated rings. The number of benzene rings is 1. The van der Waals surface area contributed by atoms with Crippen molar-refractivity contribution in [2.45, 2.75) is 72.3 Å². The summed E-state index contributed by atoms with van der Waals surface area (Å²) in [6.45, 7) is 14.4. The topological polar surface area (TPSA) is 74.2 Å². The first-order valence-corrected chi connectivity index (χ1v) is 11.1. The third kappa shape index (κ3) is 5.48. The molecular weight excluding hydrogens is 396 g/mol. The summed E-state index contributed by atoms with van der Waals surface area (Å²) < 4.78 is 22.7. The van der Waals surface area contributed by atoms with Crippen molar-refractivity contribution in [1.82, 2.24) is 0 Å². The second kappa shape index (κ2) is 9.18. The van der Waals surface area contributed by atoms with E-state index in [2.05, 4.69) is 34.6 Å². The molecule has 0 amide bonds. The van der Waals surface area contributed by atoms with Crippen LogP contribution in [0.4, 0.5) is 0 Å². The summed E-state index contributed by atoms with van der Waals surface area (Å²) in [5, 5.41) is 10.8. The summed E-state index contributed by atoms with van der Waals surface area (Å²) in [5.74, 6) is 0.472. The Balaban J connectivity index is 1.68. The van der Waals surface area contributed by atoms with Gasteiger partial charge in [-0.1, -0.05) is 52.3 Å². The summed E-state index contributed by atoms with van der Waals surface area (Å²) in [6, 6.07) is 4.01. The summed E-state index contributed by atoms with van der Waals surface area (Å²) in [6.07, 6.45) is 1.10. The van der Waals surface area contributed by atoms with Crippen LogP contribution in [0.15, 0.2) is 12.1 Å². The maximum absolute atomic E-state index is 13.0. The van der Waals surface area contributed by atoms with Crippen LogP contribution in [-0.4, -0.2) is 50.4 Å². The Morgan fingerprint density at radius 1 is 1.06 bits per heavy atom. The SMILES string of the molecule is Cc1cc(CCC(=O)CC(C)(C)C2OCOCC23COCOC3)c(O)c(C(C)(C)C)c1. The van der Waals surface area contributed by atoms with Gasteiger partial charge < -0.3 is 24.1 Å². The number of rotatable bonds is 6. The van der Waals surface area contributed by atoms with Gasteiger partial charge in [-0.2, -0.15) is 0 Å². The third-order valence-electron chi connectivity index (χ3n) is 6.39. The van der Waals surface area contributed by atoms with Crippen LogP contribution in [0.1, 0.15) is 64.2 Å². The molecule has 6 heteroatoms. The van der Waals surface area contributed by atoms with Crippen molar-refractivity contribution in [2.24, 2.45) is 10.8 Å². The number of carbonyl (C=O) groups excluding carboxylic acids is 1. The van der Waals surface area contributed by atoms with E-state index in [0.717, 1.165) is 16.7 Å². The zero-order valence-electron chi connectivity index (χ0n) is 19.9. The van der Waals surface area contributed by atoms with E-state index < -0.39 is 10.8 Å². The van der Waals surface area contributed by atoms with Crippen molar-refractivity contribution < 1.29 is 28.8 Å². The number of hydrogen-bond acceptors (Lipinski definition) is 6. The highest BCUT2D eigenvalue weighted by Gasteiger charge is 2.52. The first-order chi connectivity index (χ1) is 14.4. The van der Waals surface area contributed by atoms with Gasteiger partial charge in [0.25, 0.3) is 0 Å². The van der Waals surface area contributed by atoms with Gasteiger partial charge >= 0.3 is 0 Å². The Morgan fingerprint density at radius 3 is 2.29 bits per heavy atom. The van der Waals surface area contributed by atoms with Crippen molar-refractivity contribution in [3.8, 4) is 5.75 Å². The number of Topliss-reactive ketones (excluding diaryl/α,β-unsaturated/α-hetero) is 1. The van der Waals surface area contributed by atoms with Crippen molar-refractivity contribution in [3.05, 3.63) is 28.8 Å². The molecule has 1 spiro atoms. The lowest BCUT2D eigenvalue weighted by Gasteiger charge is -2.50. The van der Waals surface area contributed by atoms with Gasteiger partial charge in [0, 0.05) is 12.8 Å². The number of ether oxygens (including phenoxy) is 4. The van der Waals surface area contributed by atoms with Crippen LogP contribution in [-0.2, 0) is 35.6 Å². The Labute approximate surface area is 186 Å². The van der Waals surface area contributed by atoms with Crippen LogP contribution in [0.2, 0.25) is 0 Å². The average molecular weight is 435 g/mol. The van der Waals surface area contributed by atoms with Gasteiger partial charge in [-0.15, -0.1) is 0 Å². The van der Waals surface area contributed by atoms with Crippen LogP contribution in [0.5, 0.6) is 5.75 Å². The van der Waals surface area contributed by atoms with Gasteiger partial charge in [0.15, 0.2) is 0 Å². The van der Waals surface area contributed by atoms with E-state index in [1.807, 2.05) is 19.1 Å². The van der Waals surface area contributed by atoms with Gasteiger partial charge in [-0.3, -0.25) is 4.79 Å². The minimum atomic E-state index is -0.393. The Morgan fingerprint density at radius 2 is 1.68 bits per heavy atom. The van der Waals surface area contributed by atoms with E-state index in [4.69, 9.17) is 18.9 Å². The first kappa shape index (κ1) is 24.2. The molecule has 2 aliphatic heterocycles. The molecule has 1 N–H and O–H groups in total. The molecule has 31 heavy (non-hydrogen) atoms. The lowest BCUT2D eigenvalue weighted by Crippen LogP contribution is -2.59. The normalized spacial score (nSPS) is 21.9. The highest BCUT2D eigenvalue weighted by molar-refractivity contribution is 5.79. The molecule has 1 aromatic carbocycles. The predicted octanol–water partition coefficient (Wildman–Crippen LogP) is 4.28. The number of phenolic OH excluding ortho intramolecular Hbond substituents is 1. The summed E-state index contributed by atoms with van der Waals surface area (Å²) in [5.41, 5.74) is 1.91. The predicted molar refractivity (Wildman–Crippen MR) is 118 cm³/mol. The van der Waals surface area contributed by atoms with Gasteiger partial charge in [0.2, 0.25) is 0 Å². The fraction of sp³-hybridized carbons (Fsp3) is 0.720. The zero-order chi connectivity index (χ0) is 22.9. The largest absolute Gasteiger partial charge is 0.507 e. The fourth-order valence-corrected chi connectivity index (χ4v) is 5.07. The number of carbonyl (C=O) groups is 1. The zero-order valence-corrected chi connectivity index (χ0v) is 19.9. The second-order valence-corrected chi connectivity index (χ2v) is 11.0. The Kier molecular flexibility index (Phi) is 7.16. The molecule has 0 radical (unpaired) electrons. The van der Waals surface area contributed by atoms with E-state index in [1.54, 1.807) is 0 Å². The minimum Gasteiger partial charge on any atom is -0.507 e. The molecule has 2 aliphatic rings. The van der Waals surface area contributed by atoms with E-state index in [-0.39, 0.29) is 30.9 Å². The first-order valence-electron chi connectivity index (χ1n) is 11.1. The third-order valence-corrected chi connectivity index (χ3v) is 6.39. The number of ketones is 1. The van der Waals surface area contributed by atoms with Crippen LogP contribution in [0.25, 0.3) is 0 Å². The average Bonchev–Trinajstić information content (AvgIpc) is 2.68. The van der Waals surface area contributed by atoms with E-state index >= 15 is 0 Å². The monoisotopic (exact) mass is 434 g/mol. The molecule has 1 aromatic rings. The van der Waals surface area contributed by atoms with Crippen LogP contribution in [0, 0.1) is 17.8 Å². The molecule has 174 valence electrons. The molecule has 6 nitrogen and oxygen atoms in total. The summed E-state index contributed by atoms with van der Waals surface area (Å²) >= 11 is 0. The smallest absolute Gasteiger partial charge is 0.147 e. The number of aromatic hydroxyl groups is 1. The molecule has 0 bridgehead atoms. The number of aryl methyl sites for hydroxylation is 2. The van der Waals surface area contributed by atoms with Crippen molar-refractivity contribution in [2.75, 3.05) is 33.4 Å². The molecule has 0 aromatic heterocycles. The van der Waals surface area contributed by atoms with Crippen molar-refractivity contribution in [3.63, 3.8) is 0 Å². The highest BCUT2D eigenvalue weighted by atomic mass is 16.7. The molecular formula is C25H38O6. The van der Waals surface area contributed by atoms with Gasteiger partial charge in [0.1, 0.15) is 25.1 Å². The molecule has 1 atom stereocenters. The van der Waals surface area contributed by atoms with Crippen LogP contribution >= 0.6 is 0 Å². The van der Waals surface area contributed by atoms with Gasteiger partial charge in [-0.25, -0.2) is 0 Å². The molecule has 3 rings (SSSR count). The molecule has 2 heterocycles. The van der Waals surface area contributed by atoms with E-state index in [1.165, 1.54) is 0 Å². The molecule has 0 saturated carbocycles. The maximum Gasteiger partial charge on any atom is 0.147 e. The summed E-state index contributed by atoms with van der Waals surface area (Å²) in [7, 11) is 0. The fourth-order valence-electron chi connectivity index (χ4n) is 5.07. The summed E-state index contributed by atoms with van der Waals surface area (Å²) in [4.78, 5) is 13.0. The van der Waals surface area contributed by atoms with E-state index in [9.17, 15) is 9.90 Å². The lowest BCUT2D eigenvalue weighted by molar-refractivity contribution is -0.296. The van der Waals surface area contributed by atoms with Crippen molar-refractivity contribution >= 4 is 5.78 Å². The second-order valence-electron chi connectivity index (χ2n) is 11.0. The highest BCUT2D eigenvalue weighted by Crippen LogP contribution is 2.44. The van der Waals surface area contributed by atoms with E-state index in [0.29, 0.717) is 44.8 Å². The van der Waals surface area contributed by atoms with Gasteiger partial charge in [0.05, 0.1) is 31.3 Å². The Hall–Kier alpha value is -1.47. The molecule has 2 saturated heterocycles. The Bertz CT molecular complexity index is 778. The van der Waals surface area contributed by atoms with Crippen molar-refractivity contribution in [1.29, 1.82) is 0 Å². The van der Waals surface area contributed by atoms with Gasteiger partial charge in [-0.05, 0) is 35.3 Å². The minimum absolute atomic E-state index is 0.157. The standard InChI is InChI=1S/C25H38O6/c1-17-9-18(21(27)20(10-17)23(2,3)4)7-8-19(26)11-24(5,6)22-25(14-30-16-31-22)12-28-15-29-13-25/h9-10,22,27H,7-8,11-16H2,1-6H3. The molecule has 0 aliphatic carbocycles. The lowest BCUT2D eigenvalue weighted by atomic mass is 9.68. The quantitative estimate of drug-likeness (QED) is 0.720. The van der Waals surface area contributed by atoms with Crippen LogP contribution < -0.4 is 0 Å². The number of phenols is 1.